The summed E-state index contributed by atoms with van der Waals surface area (Å²) in [7, 11) is 0. The number of aromatic nitrogens is 2. The summed E-state index contributed by atoms with van der Waals surface area (Å²) in [5, 5.41) is 0. The molecule has 3 nitrogen and oxygen atoms in total. The number of H-pyrrole nitrogens is 1. The molecule has 1 saturated heterocycles. The molecule has 6 heteroatoms. The summed E-state index contributed by atoms with van der Waals surface area (Å²) >= 11 is 0. The van der Waals surface area contributed by atoms with Crippen molar-refractivity contribution in [1.82, 2.24) is 9.97 Å². The third-order valence-electron chi connectivity index (χ3n) is 2.57. The van der Waals surface area contributed by atoms with E-state index in [9.17, 15) is 13.2 Å². The van der Waals surface area contributed by atoms with Crippen molar-refractivity contribution in [3.63, 3.8) is 0 Å². The highest BCUT2D eigenvalue weighted by Gasteiger charge is 2.42. The summed E-state index contributed by atoms with van der Waals surface area (Å²) in [5.41, 5.74) is -1.16. The third-order valence-corrected chi connectivity index (χ3v) is 2.57. The van der Waals surface area contributed by atoms with E-state index in [1.807, 2.05) is 20.8 Å². The number of hydrogen-bond acceptors (Lipinski definition) is 2. The Bertz CT molecular complexity index is 381. The van der Waals surface area contributed by atoms with Crippen LogP contribution in [-0.2, 0) is 16.3 Å². The SMILES string of the molecule is CC.Cc1[nH]c(C2(C)COC2)nc1C(F)(F)F. The van der Waals surface area contributed by atoms with Gasteiger partial charge in [-0.3, -0.25) is 0 Å². The van der Waals surface area contributed by atoms with Crippen LogP contribution in [0.5, 0.6) is 0 Å². The minimum absolute atomic E-state index is 0.0608. The van der Waals surface area contributed by atoms with E-state index in [0.29, 0.717) is 19.0 Å². The normalized spacial score (nSPS) is 18.1. The molecule has 2 heterocycles. The molecule has 1 aromatic rings. The second kappa shape index (κ2) is 4.68. The molecule has 2 rings (SSSR count). The van der Waals surface area contributed by atoms with Gasteiger partial charge in [0.05, 0.1) is 18.6 Å². The van der Waals surface area contributed by atoms with Gasteiger partial charge in [-0.1, -0.05) is 13.8 Å². The first-order valence-corrected chi connectivity index (χ1v) is 5.55. The number of rotatable bonds is 1. The van der Waals surface area contributed by atoms with Crippen LogP contribution >= 0.6 is 0 Å². The van der Waals surface area contributed by atoms with Crippen LogP contribution in [-0.4, -0.2) is 23.2 Å². The van der Waals surface area contributed by atoms with Crippen LogP contribution in [0.4, 0.5) is 13.2 Å². The van der Waals surface area contributed by atoms with Crippen LogP contribution in [0.1, 0.15) is 38.0 Å². The fourth-order valence-corrected chi connectivity index (χ4v) is 1.57. The standard InChI is InChI=1S/C9H11F3N2O.C2H6/c1-5-6(9(10,11)12)14-7(13-5)8(2)3-15-4-8;1-2/h3-4H2,1-2H3,(H,13,14);1-2H3. The topological polar surface area (TPSA) is 37.9 Å². The highest BCUT2D eigenvalue weighted by Crippen LogP contribution is 2.35. The van der Waals surface area contributed by atoms with E-state index in [1.165, 1.54) is 6.92 Å². The minimum Gasteiger partial charge on any atom is -0.379 e. The van der Waals surface area contributed by atoms with Crippen LogP contribution in [0.2, 0.25) is 0 Å². The Balaban J connectivity index is 0.000000686. The summed E-state index contributed by atoms with van der Waals surface area (Å²) in [6.07, 6.45) is -4.39. The van der Waals surface area contributed by atoms with Crippen molar-refractivity contribution < 1.29 is 17.9 Å². The van der Waals surface area contributed by atoms with E-state index in [4.69, 9.17) is 4.74 Å². The molecule has 0 amide bonds. The zero-order chi connectivity index (χ0) is 13.3. The molecule has 98 valence electrons. The number of imidazole rings is 1. The fourth-order valence-electron chi connectivity index (χ4n) is 1.57. The summed E-state index contributed by atoms with van der Waals surface area (Å²) < 4.78 is 42.4. The highest BCUT2D eigenvalue weighted by molar-refractivity contribution is 5.22. The molecule has 0 bridgehead atoms. The molecule has 1 aliphatic rings. The van der Waals surface area contributed by atoms with Gasteiger partial charge >= 0.3 is 6.18 Å². The van der Waals surface area contributed by atoms with Crippen LogP contribution < -0.4 is 0 Å². The zero-order valence-electron chi connectivity index (χ0n) is 10.4. The maximum absolute atomic E-state index is 12.5. The van der Waals surface area contributed by atoms with Gasteiger partial charge in [-0.15, -0.1) is 0 Å². The van der Waals surface area contributed by atoms with Crippen LogP contribution in [0, 0.1) is 6.92 Å². The Hall–Kier alpha value is -1.04. The number of aryl methyl sites for hydroxylation is 1. The van der Waals surface area contributed by atoms with E-state index in [1.54, 1.807) is 0 Å². The second-order valence-electron chi connectivity index (χ2n) is 4.11. The lowest BCUT2D eigenvalue weighted by Crippen LogP contribution is -2.44. The predicted octanol–water partition coefficient (Wildman–Crippen LogP) is 3.05. The van der Waals surface area contributed by atoms with Crippen molar-refractivity contribution in [3.05, 3.63) is 17.2 Å². The molecule has 0 spiro atoms. The number of ether oxygens (including phenoxy) is 1. The maximum Gasteiger partial charge on any atom is 0.435 e. The van der Waals surface area contributed by atoms with Gasteiger partial charge in [-0.25, -0.2) is 4.98 Å². The lowest BCUT2D eigenvalue weighted by molar-refractivity contribution is -0.141. The Morgan fingerprint density at radius 3 is 2.12 bits per heavy atom. The largest absolute Gasteiger partial charge is 0.435 e. The number of alkyl halides is 3. The van der Waals surface area contributed by atoms with Gasteiger partial charge in [0, 0.05) is 5.69 Å². The third kappa shape index (κ3) is 2.62. The smallest absolute Gasteiger partial charge is 0.379 e. The van der Waals surface area contributed by atoms with Crippen molar-refractivity contribution in [1.29, 1.82) is 0 Å². The maximum atomic E-state index is 12.5. The van der Waals surface area contributed by atoms with Crippen LogP contribution in [0.15, 0.2) is 0 Å². The second-order valence-corrected chi connectivity index (χ2v) is 4.11. The molecule has 0 saturated carbocycles. The van der Waals surface area contributed by atoms with Crippen LogP contribution in [0.3, 0.4) is 0 Å². The van der Waals surface area contributed by atoms with E-state index >= 15 is 0 Å². The van der Waals surface area contributed by atoms with Crippen molar-refractivity contribution in [2.75, 3.05) is 13.2 Å². The molecule has 1 fully saturated rings. The van der Waals surface area contributed by atoms with Gasteiger partial charge in [0.2, 0.25) is 0 Å². The first-order chi connectivity index (χ1) is 7.83. The van der Waals surface area contributed by atoms with Gasteiger partial charge in [0.15, 0.2) is 5.69 Å². The van der Waals surface area contributed by atoms with E-state index < -0.39 is 17.3 Å². The number of aromatic amines is 1. The summed E-state index contributed by atoms with van der Waals surface area (Å²) in [4.78, 5) is 6.30. The number of nitrogens with zero attached hydrogens (tertiary/aromatic N) is 1. The number of hydrogen-bond donors (Lipinski definition) is 1. The molecule has 0 radical (unpaired) electrons. The summed E-state index contributed by atoms with van der Waals surface area (Å²) in [5.74, 6) is 0.360. The molecular weight excluding hydrogens is 233 g/mol. The van der Waals surface area contributed by atoms with Crippen molar-refractivity contribution >= 4 is 0 Å². The fraction of sp³-hybridized carbons (Fsp3) is 0.727. The molecule has 0 aliphatic carbocycles. The number of nitrogens with one attached hydrogen (secondary N) is 1. The molecule has 17 heavy (non-hydrogen) atoms. The lowest BCUT2D eigenvalue weighted by Gasteiger charge is -2.36. The highest BCUT2D eigenvalue weighted by atomic mass is 19.4. The van der Waals surface area contributed by atoms with E-state index in [-0.39, 0.29) is 5.69 Å². The van der Waals surface area contributed by atoms with Crippen LogP contribution in [0.25, 0.3) is 0 Å². The molecule has 1 aromatic heterocycles. The quantitative estimate of drug-likeness (QED) is 0.831. The van der Waals surface area contributed by atoms with Crippen molar-refractivity contribution in [2.45, 2.75) is 39.3 Å². The van der Waals surface area contributed by atoms with Crippen molar-refractivity contribution in [2.24, 2.45) is 0 Å². The summed E-state index contributed by atoms with van der Waals surface area (Å²) in [6.45, 7) is 8.03. The van der Waals surface area contributed by atoms with Crippen molar-refractivity contribution in [3.8, 4) is 0 Å². The zero-order valence-corrected chi connectivity index (χ0v) is 10.4. The monoisotopic (exact) mass is 250 g/mol. The Morgan fingerprint density at radius 1 is 1.29 bits per heavy atom. The molecule has 0 aromatic carbocycles. The van der Waals surface area contributed by atoms with Gasteiger partial charge < -0.3 is 9.72 Å². The Kier molecular flexibility index (Phi) is 3.86. The van der Waals surface area contributed by atoms with Gasteiger partial charge in [0.1, 0.15) is 5.82 Å². The first-order valence-electron chi connectivity index (χ1n) is 5.55. The number of halogens is 3. The predicted molar refractivity (Wildman–Crippen MR) is 57.8 cm³/mol. The lowest BCUT2D eigenvalue weighted by atomic mass is 9.88. The van der Waals surface area contributed by atoms with Gasteiger partial charge in [-0.05, 0) is 13.8 Å². The Labute approximate surface area is 98.4 Å². The molecule has 0 unspecified atom stereocenters. The molecule has 1 aliphatic heterocycles. The van der Waals surface area contributed by atoms with Gasteiger partial charge in [-0.2, -0.15) is 13.2 Å². The molecule has 0 atom stereocenters. The molecular formula is C11H17F3N2O. The minimum atomic E-state index is -4.39. The van der Waals surface area contributed by atoms with E-state index in [0.717, 1.165) is 0 Å². The van der Waals surface area contributed by atoms with Gasteiger partial charge in [0.25, 0.3) is 0 Å². The first kappa shape index (κ1) is 14.0. The van der Waals surface area contributed by atoms with E-state index in [2.05, 4.69) is 9.97 Å². The summed E-state index contributed by atoms with van der Waals surface area (Å²) in [6, 6.07) is 0. The Morgan fingerprint density at radius 2 is 1.82 bits per heavy atom. The molecule has 1 N–H and O–H groups in total. The average molecular weight is 250 g/mol. The average Bonchev–Trinajstić information content (AvgIpc) is 2.60.